The summed E-state index contributed by atoms with van der Waals surface area (Å²) in [7, 11) is 0. The molecule has 20 heavy (non-hydrogen) atoms. The first-order chi connectivity index (χ1) is 9.48. The van der Waals surface area contributed by atoms with Crippen molar-refractivity contribution in [1.82, 2.24) is 10.2 Å². The van der Waals surface area contributed by atoms with E-state index in [4.69, 9.17) is 0 Å². The Bertz CT molecular complexity index is 333. The van der Waals surface area contributed by atoms with Crippen LogP contribution in [0.2, 0.25) is 0 Å². The normalized spacial score (nSPS) is 31.1. The van der Waals surface area contributed by atoms with Crippen LogP contribution in [0.15, 0.2) is 0 Å². The van der Waals surface area contributed by atoms with Crippen molar-refractivity contribution in [2.24, 2.45) is 5.92 Å². The second-order valence-corrected chi connectivity index (χ2v) is 6.96. The molecule has 0 bridgehead atoms. The van der Waals surface area contributed by atoms with Crippen LogP contribution in [0.5, 0.6) is 0 Å². The molecule has 0 aromatic carbocycles. The average molecular weight is 290 g/mol. The van der Waals surface area contributed by atoms with Crippen molar-refractivity contribution < 1.29 is 13.2 Å². The predicted octanol–water partition coefficient (Wildman–Crippen LogP) is 3.33. The summed E-state index contributed by atoms with van der Waals surface area (Å²) in [6.45, 7) is 2.56. The Hall–Kier alpha value is -0.290. The van der Waals surface area contributed by atoms with Crippen molar-refractivity contribution in [2.75, 3.05) is 19.6 Å². The van der Waals surface area contributed by atoms with Crippen LogP contribution < -0.4 is 5.32 Å². The lowest BCUT2D eigenvalue weighted by molar-refractivity contribution is -0.136. The van der Waals surface area contributed by atoms with Crippen LogP contribution in [0.25, 0.3) is 0 Å². The molecular formula is C15H25F3N2. The standard InChI is InChI=1S/C15H25F3N2/c16-15(17,18)8-3-9-20-11-14(6-1-2-7-14)19-10-13(20)12-4-5-12/h12-13,19H,1-11H2. The van der Waals surface area contributed by atoms with Crippen LogP contribution in [-0.2, 0) is 0 Å². The fraction of sp³-hybridized carbons (Fsp3) is 1.00. The molecule has 0 radical (unpaired) electrons. The molecule has 1 unspecified atom stereocenters. The lowest BCUT2D eigenvalue weighted by Gasteiger charge is -2.47. The van der Waals surface area contributed by atoms with Crippen molar-refractivity contribution in [1.29, 1.82) is 0 Å². The maximum atomic E-state index is 12.3. The van der Waals surface area contributed by atoms with Gasteiger partial charge in [0.25, 0.3) is 0 Å². The number of alkyl halides is 3. The van der Waals surface area contributed by atoms with Crippen LogP contribution in [0.1, 0.15) is 51.4 Å². The molecule has 116 valence electrons. The second-order valence-electron chi connectivity index (χ2n) is 6.96. The highest BCUT2D eigenvalue weighted by Crippen LogP contribution is 2.40. The van der Waals surface area contributed by atoms with Gasteiger partial charge in [-0.25, -0.2) is 0 Å². The van der Waals surface area contributed by atoms with Gasteiger partial charge in [-0.1, -0.05) is 12.8 Å². The summed E-state index contributed by atoms with van der Waals surface area (Å²) in [6, 6.07) is 0.481. The fourth-order valence-corrected chi connectivity index (χ4v) is 4.07. The van der Waals surface area contributed by atoms with E-state index < -0.39 is 12.6 Å². The minimum absolute atomic E-state index is 0.212. The van der Waals surface area contributed by atoms with Crippen LogP contribution in [0.3, 0.4) is 0 Å². The van der Waals surface area contributed by atoms with E-state index in [0.29, 0.717) is 12.6 Å². The van der Waals surface area contributed by atoms with Gasteiger partial charge in [-0.3, -0.25) is 4.90 Å². The molecule has 2 saturated carbocycles. The van der Waals surface area contributed by atoms with Gasteiger partial charge in [0.2, 0.25) is 0 Å². The van der Waals surface area contributed by atoms with Crippen molar-refractivity contribution in [3.8, 4) is 0 Å². The molecule has 1 aliphatic heterocycles. The molecular weight excluding hydrogens is 265 g/mol. The lowest BCUT2D eigenvalue weighted by Crippen LogP contribution is -2.63. The topological polar surface area (TPSA) is 15.3 Å². The molecule has 2 aliphatic carbocycles. The van der Waals surface area contributed by atoms with Crippen molar-refractivity contribution in [3.05, 3.63) is 0 Å². The zero-order valence-corrected chi connectivity index (χ0v) is 12.0. The molecule has 3 fully saturated rings. The quantitative estimate of drug-likeness (QED) is 0.854. The monoisotopic (exact) mass is 290 g/mol. The number of hydrogen-bond donors (Lipinski definition) is 1. The van der Waals surface area contributed by atoms with Gasteiger partial charge >= 0.3 is 6.18 Å². The van der Waals surface area contributed by atoms with E-state index in [1.807, 2.05) is 0 Å². The first kappa shape index (κ1) is 14.6. The average Bonchev–Trinajstić information content (AvgIpc) is 3.10. The van der Waals surface area contributed by atoms with Crippen LogP contribution in [0, 0.1) is 5.92 Å². The van der Waals surface area contributed by atoms with E-state index in [9.17, 15) is 13.2 Å². The van der Waals surface area contributed by atoms with Gasteiger partial charge in [0.05, 0.1) is 0 Å². The Morgan fingerprint density at radius 2 is 1.85 bits per heavy atom. The molecule has 0 aromatic heterocycles. The summed E-state index contributed by atoms with van der Waals surface area (Å²) >= 11 is 0. The van der Waals surface area contributed by atoms with E-state index >= 15 is 0 Å². The predicted molar refractivity (Wildman–Crippen MR) is 72.6 cm³/mol. The molecule has 0 aromatic rings. The zero-order valence-electron chi connectivity index (χ0n) is 12.0. The second kappa shape index (κ2) is 5.48. The molecule has 1 heterocycles. The number of nitrogens with zero attached hydrogens (tertiary/aromatic N) is 1. The SMILES string of the molecule is FC(F)(F)CCCN1CC2(CCCC2)NCC1C1CC1. The Labute approximate surface area is 119 Å². The highest BCUT2D eigenvalue weighted by molar-refractivity contribution is 5.04. The smallest absolute Gasteiger partial charge is 0.308 e. The van der Waals surface area contributed by atoms with Gasteiger partial charge in [0, 0.05) is 31.1 Å². The third-order valence-electron chi connectivity index (χ3n) is 5.29. The fourth-order valence-electron chi connectivity index (χ4n) is 4.07. The summed E-state index contributed by atoms with van der Waals surface area (Å²) in [5.74, 6) is 0.729. The summed E-state index contributed by atoms with van der Waals surface area (Å²) in [6.07, 6.45) is 3.04. The molecule has 3 aliphatic rings. The van der Waals surface area contributed by atoms with Gasteiger partial charge < -0.3 is 5.32 Å². The van der Waals surface area contributed by atoms with E-state index in [2.05, 4.69) is 10.2 Å². The van der Waals surface area contributed by atoms with Crippen LogP contribution >= 0.6 is 0 Å². The molecule has 1 atom stereocenters. The lowest BCUT2D eigenvalue weighted by atomic mass is 9.91. The first-order valence-corrected chi connectivity index (χ1v) is 8.03. The summed E-state index contributed by atoms with van der Waals surface area (Å²) in [4.78, 5) is 2.38. The van der Waals surface area contributed by atoms with Gasteiger partial charge in [0.15, 0.2) is 0 Å². The van der Waals surface area contributed by atoms with Crippen molar-refractivity contribution >= 4 is 0 Å². The molecule has 3 rings (SSSR count). The number of halogens is 3. The molecule has 1 N–H and O–H groups in total. The summed E-state index contributed by atoms with van der Waals surface area (Å²) in [5, 5.41) is 3.74. The van der Waals surface area contributed by atoms with Crippen LogP contribution in [0.4, 0.5) is 13.2 Å². The molecule has 1 saturated heterocycles. The summed E-state index contributed by atoms with van der Waals surface area (Å²) in [5.41, 5.74) is 0.212. The molecule has 5 heteroatoms. The minimum Gasteiger partial charge on any atom is -0.308 e. The maximum absolute atomic E-state index is 12.3. The van der Waals surface area contributed by atoms with E-state index in [1.54, 1.807) is 0 Å². The number of hydrogen-bond acceptors (Lipinski definition) is 2. The molecule has 2 nitrogen and oxygen atoms in total. The Morgan fingerprint density at radius 1 is 1.15 bits per heavy atom. The minimum atomic E-state index is -4.01. The zero-order chi connectivity index (χ0) is 14.2. The molecule has 1 spiro atoms. The Balaban J connectivity index is 1.57. The number of piperazine rings is 1. The first-order valence-electron chi connectivity index (χ1n) is 8.03. The van der Waals surface area contributed by atoms with Crippen LogP contribution in [-0.4, -0.2) is 42.3 Å². The molecule has 0 amide bonds. The van der Waals surface area contributed by atoms with E-state index in [-0.39, 0.29) is 12.0 Å². The number of rotatable bonds is 4. The van der Waals surface area contributed by atoms with E-state index in [1.165, 1.54) is 38.5 Å². The van der Waals surface area contributed by atoms with Gasteiger partial charge in [-0.15, -0.1) is 0 Å². The summed E-state index contributed by atoms with van der Waals surface area (Å²) < 4.78 is 37.0. The Kier molecular flexibility index (Phi) is 4.01. The van der Waals surface area contributed by atoms with Gasteiger partial charge in [-0.05, 0) is 44.6 Å². The highest BCUT2D eigenvalue weighted by Gasteiger charge is 2.45. The largest absolute Gasteiger partial charge is 0.389 e. The van der Waals surface area contributed by atoms with Gasteiger partial charge in [0.1, 0.15) is 0 Å². The number of nitrogens with one attached hydrogen (secondary N) is 1. The van der Waals surface area contributed by atoms with E-state index in [0.717, 1.165) is 19.0 Å². The third kappa shape index (κ3) is 3.48. The Morgan fingerprint density at radius 3 is 2.45 bits per heavy atom. The maximum Gasteiger partial charge on any atom is 0.389 e. The van der Waals surface area contributed by atoms with Gasteiger partial charge in [-0.2, -0.15) is 13.2 Å². The third-order valence-corrected chi connectivity index (χ3v) is 5.29. The highest BCUT2D eigenvalue weighted by atomic mass is 19.4. The van der Waals surface area contributed by atoms with Crippen molar-refractivity contribution in [3.63, 3.8) is 0 Å². The van der Waals surface area contributed by atoms with Crippen molar-refractivity contribution in [2.45, 2.75) is 69.1 Å².